The van der Waals surface area contributed by atoms with E-state index in [4.69, 9.17) is 16.0 Å². The molecular weight excluding hydrogens is 410 g/mol. The van der Waals surface area contributed by atoms with Crippen LogP contribution in [0.1, 0.15) is 37.5 Å². The number of nitrogens with one attached hydrogen (secondary N) is 2. The SMILES string of the molecule is CC(=O)NCc1ccc(-c2csc(NC(=O)C3(c4ccc(Cl)cc4)CCC3)n2)o1. The molecule has 2 N–H and O–H groups in total. The van der Waals surface area contributed by atoms with Crippen LogP contribution in [-0.4, -0.2) is 16.8 Å². The van der Waals surface area contributed by atoms with Crippen molar-refractivity contribution in [1.29, 1.82) is 0 Å². The fraction of sp³-hybridized carbons (Fsp3) is 0.286. The molecule has 1 aromatic carbocycles. The van der Waals surface area contributed by atoms with Gasteiger partial charge in [0.1, 0.15) is 11.5 Å². The number of amides is 2. The van der Waals surface area contributed by atoms with Crippen molar-refractivity contribution in [1.82, 2.24) is 10.3 Å². The number of benzene rings is 1. The first kappa shape index (κ1) is 19.7. The molecule has 3 aromatic rings. The zero-order chi connectivity index (χ0) is 20.4. The molecule has 1 fully saturated rings. The summed E-state index contributed by atoms with van der Waals surface area (Å²) < 4.78 is 5.72. The van der Waals surface area contributed by atoms with E-state index in [-0.39, 0.29) is 11.8 Å². The Morgan fingerprint density at radius 3 is 2.62 bits per heavy atom. The molecule has 6 nitrogen and oxygen atoms in total. The molecule has 0 unspecified atom stereocenters. The number of hydrogen-bond acceptors (Lipinski definition) is 5. The number of thiazole rings is 1. The zero-order valence-corrected chi connectivity index (χ0v) is 17.4. The third-order valence-electron chi connectivity index (χ3n) is 5.19. The summed E-state index contributed by atoms with van der Waals surface area (Å²) in [7, 11) is 0. The maximum absolute atomic E-state index is 13.1. The minimum atomic E-state index is -0.521. The van der Waals surface area contributed by atoms with E-state index in [1.807, 2.05) is 29.6 Å². The third kappa shape index (κ3) is 4.06. The van der Waals surface area contributed by atoms with E-state index in [0.29, 0.717) is 33.9 Å². The molecule has 1 aliphatic rings. The van der Waals surface area contributed by atoms with E-state index in [1.165, 1.54) is 18.3 Å². The van der Waals surface area contributed by atoms with Gasteiger partial charge in [0, 0.05) is 17.3 Å². The summed E-state index contributed by atoms with van der Waals surface area (Å²) in [5.41, 5.74) is 1.11. The van der Waals surface area contributed by atoms with E-state index < -0.39 is 5.41 Å². The van der Waals surface area contributed by atoms with Gasteiger partial charge in [-0.25, -0.2) is 4.98 Å². The highest BCUT2D eigenvalue weighted by Gasteiger charge is 2.45. The van der Waals surface area contributed by atoms with Crippen LogP contribution in [0.5, 0.6) is 0 Å². The quantitative estimate of drug-likeness (QED) is 0.592. The first-order valence-electron chi connectivity index (χ1n) is 9.33. The predicted molar refractivity (Wildman–Crippen MR) is 113 cm³/mol. The van der Waals surface area contributed by atoms with Gasteiger partial charge in [-0.05, 0) is 42.7 Å². The van der Waals surface area contributed by atoms with Gasteiger partial charge in [0.25, 0.3) is 0 Å². The number of nitrogens with zero attached hydrogens (tertiary/aromatic N) is 1. The maximum atomic E-state index is 13.1. The number of hydrogen-bond donors (Lipinski definition) is 2. The first-order chi connectivity index (χ1) is 14.0. The fourth-order valence-electron chi connectivity index (χ4n) is 3.43. The Morgan fingerprint density at radius 1 is 1.21 bits per heavy atom. The molecule has 0 spiro atoms. The fourth-order valence-corrected chi connectivity index (χ4v) is 4.25. The van der Waals surface area contributed by atoms with Crippen molar-refractivity contribution in [3.63, 3.8) is 0 Å². The van der Waals surface area contributed by atoms with Gasteiger partial charge in [-0.3, -0.25) is 9.59 Å². The van der Waals surface area contributed by atoms with Crippen molar-refractivity contribution < 1.29 is 14.0 Å². The van der Waals surface area contributed by atoms with Crippen LogP contribution >= 0.6 is 22.9 Å². The number of halogens is 1. The highest BCUT2D eigenvalue weighted by Crippen LogP contribution is 2.45. The molecule has 0 atom stereocenters. The topological polar surface area (TPSA) is 84.2 Å². The van der Waals surface area contributed by atoms with Crippen LogP contribution in [-0.2, 0) is 21.5 Å². The second-order valence-electron chi connectivity index (χ2n) is 7.11. The van der Waals surface area contributed by atoms with Crippen LogP contribution in [0.15, 0.2) is 46.2 Å². The molecule has 4 rings (SSSR count). The van der Waals surface area contributed by atoms with Crippen LogP contribution in [0.2, 0.25) is 5.02 Å². The van der Waals surface area contributed by atoms with Gasteiger partial charge in [0.15, 0.2) is 10.9 Å². The summed E-state index contributed by atoms with van der Waals surface area (Å²) >= 11 is 7.35. The number of anilines is 1. The summed E-state index contributed by atoms with van der Waals surface area (Å²) in [6, 6.07) is 11.1. The molecule has 2 amide bonds. The Hall–Kier alpha value is -2.64. The Bertz CT molecular complexity index is 1040. The van der Waals surface area contributed by atoms with Crippen molar-refractivity contribution in [3.8, 4) is 11.5 Å². The number of carbonyl (C=O) groups excluding carboxylic acids is 2. The molecule has 0 aliphatic heterocycles. The van der Waals surface area contributed by atoms with Crippen LogP contribution in [0.4, 0.5) is 5.13 Å². The Labute approximate surface area is 177 Å². The van der Waals surface area contributed by atoms with Crippen molar-refractivity contribution in [3.05, 3.63) is 58.1 Å². The van der Waals surface area contributed by atoms with Gasteiger partial charge in [-0.15, -0.1) is 11.3 Å². The minimum absolute atomic E-state index is 0.0437. The van der Waals surface area contributed by atoms with Crippen LogP contribution in [0.3, 0.4) is 0 Å². The summed E-state index contributed by atoms with van der Waals surface area (Å²) in [6.07, 6.45) is 2.63. The lowest BCUT2D eigenvalue weighted by Gasteiger charge is -2.40. The van der Waals surface area contributed by atoms with Gasteiger partial charge < -0.3 is 15.1 Å². The average molecular weight is 430 g/mol. The Morgan fingerprint density at radius 2 is 1.97 bits per heavy atom. The second kappa shape index (κ2) is 8.00. The Kier molecular flexibility index (Phi) is 5.43. The molecule has 0 bridgehead atoms. The van der Waals surface area contributed by atoms with Crippen molar-refractivity contribution in [2.45, 2.75) is 38.1 Å². The smallest absolute Gasteiger partial charge is 0.236 e. The van der Waals surface area contributed by atoms with E-state index in [2.05, 4.69) is 15.6 Å². The standard InChI is InChI=1S/C21H20ClN3O3S/c1-13(26)23-11-16-7-8-18(28-16)17-12-29-20(24-17)25-19(27)21(9-2-10-21)14-3-5-15(22)6-4-14/h3-8,12H,2,9-11H2,1H3,(H,23,26)(H,24,25,27). The van der Waals surface area contributed by atoms with Gasteiger partial charge in [-0.2, -0.15) is 0 Å². The highest BCUT2D eigenvalue weighted by atomic mass is 35.5. The normalized spacial score (nSPS) is 14.8. The molecule has 2 heterocycles. The predicted octanol–water partition coefficient (Wildman–Crippen LogP) is 4.75. The first-order valence-corrected chi connectivity index (χ1v) is 10.6. The van der Waals surface area contributed by atoms with Crippen LogP contribution < -0.4 is 10.6 Å². The lowest BCUT2D eigenvalue weighted by Crippen LogP contribution is -2.45. The van der Waals surface area contributed by atoms with Gasteiger partial charge in [0.2, 0.25) is 11.8 Å². The summed E-state index contributed by atoms with van der Waals surface area (Å²) in [6.45, 7) is 1.78. The zero-order valence-electron chi connectivity index (χ0n) is 15.8. The maximum Gasteiger partial charge on any atom is 0.236 e. The van der Waals surface area contributed by atoms with Crippen molar-refractivity contribution >= 4 is 39.9 Å². The number of aromatic nitrogens is 1. The molecule has 8 heteroatoms. The lowest BCUT2D eigenvalue weighted by atomic mass is 9.64. The number of furan rings is 1. The number of carbonyl (C=O) groups is 2. The molecule has 29 heavy (non-hydrogen) atoms. The second-order valence-corrected chi connectivity index (χ2v) is 8.40. The lowest BCUT2D eigenvalue weighted by molar-refractivity contribution is -0.124. The van der Waals surface area contributed by atoms with Gasteiger partial charge >= 0.3 is 0 Å². The molecule has 0 saturated heterocycles. The molecule has 2 aromatic heterocycles. The van der Waals surface area contributed by atoms with Crippen molar-refractivity contribution in [2.75, 3.05) is 5.32 Å². The van der Waals surface area contributed by atoms with Crippen LogP contribution in [0, 0.1) is 0 Å². The molecule has 1 saturated carbocycles. The van der Waals surface area contributed by atoms with E-state index in [9.17, 15) is 9.59 Å². The summed E-state index contributed by atoms with van der Waals surface area (Å²) in [5, 5.41) is 8.69. The number of rotatable bonds is 6. The molecule has 1 aliphatic carbocycles. The van der Waals surface area contributed by atoms with Crippen LogP contribution in [0.25, 0.3) is 11.5 Å². The van der Waals surface area contributed by atoms with Crippen molar-refractivity contribution in [2.24, 2.45) is 0 Å². The summed E-state index contributed by atoms with van der Waals surface area (Å²) in [5.74, 6) is 1.08. The van der Waals surface area contributed by atoms with E-state index in [0.717, 1.165) is 24.8 Å². The van der Waals surface area contributed by atoms with E-state index in [1.54, 1.807) is 12.1 Å². The highest BCUT2D eigenvalue weighted by molar-refractivity contribution is 7.14. The summed E-state index contributed by atoms with van der Waals surface area (Å²) in [4.78, 5) is 28.6. The van der Waals surface area contributed by atoms with Gasteiger partial charge in [0.05, 0.1) is 12.0 Å². The molecule has 0 radical (unpaired) electrons. The monoisotopic (exact) mass is 429 g/mol. The molecule has 150 valence electrons. The third-order valence-corrected chi connectivity index (χ3v) is 6.20. The largest absolute Gasteiger partial charge is 0.458 e. The van der Waals surface area contributed by atoms with E-state index >= 15 is 0 Å². The molecular formula is C21H20ClN3O3S. The Balaban J connectivity index is 1.47. The minimum Gasteiger partial charge on any atom is -0.458 e. The average Bonchev–Trinajstić information content (AvgIpc) is 3.30. The van der Waals surface area contributed by atoms with Gasteiger partial charge in [-0.1, -0.05) is 30.2 Å².